The number of nitrogens with zero attached hydrogens (tertiary/aromatic N) is 4. The molecule has 0 radical (unpaired) electrons. The van der Waals surface area contributed by atoms with E-state index in [1.54, 1.807) is 4.57 Å². The molecule has 0 spiro atoms. The summed E-state index contributed by atoms with van der Waals surface area (Å²) in [5.41, 5.74) is 1.05. The zero-order valence-corrected chi connectivity index (χ0v) is 16.3. The van der Waals surface area contributed by atoms with E-state index in [1.165, 1.54) is 0 Å². The minimum atomic E-state index is -0.0535. The van der Waals surface area contributed by atoms with Crippen LogP contribution in [0.3, 0.4) is 0 Å². The van der Waals surface area contributed by atoms with Crippen molar-refractivity contribution in [3.05, 3.63) is 24.0 Å². The molecule has 1 saturated carbocycles. The van der Waals surface area contributed by atoms with Crippen molar-refractivity contribution in [1.82, 2.24) is 19.3 Å². The largest absolute Gasteiger partial charge is 0.342 e. The maximum Gasteiger partial charge on any atom is 0.329 e. The van der Waals surface area contributed by atoms with Crippen molar-refractivity contribution in [1.29, 1.82) is 0 Å². The van der Waals surface area contributed by atoms with Gasteiger partial charge >= 0.3 is 6.03 Å². The summed E-state index contributed by atoms with van der Waals surface area (Å²) in [6.07, 6.45) is 7.33. The molecule has 1 aliphatic carbocycles. The van der Waals surface area contributed by atoms with E-state index in [1.807, 2.05) is 33.0 Å². The van der Waals surface area contributed by atoms with Gasteiger partial charge in [-0.05, 0) is 50.7 Å². The molecule has 1 aromatic rings. The zero-order valence-electron chi connectivity index (χ0n) is 16.3. The maximum atomic E-state index is 13.0. The lowest BCUT2D eigenvalue weighted by atomic mass is 9.94. The van der Waals surface area contributed by atoms with E-state index in [0.717, 1.165) is 50.8 Å². The summed E-state index contributed by atoms with van der Waals surface area (Å²) >= 11 is 0. The number of rotatable bonds is 3. The van der Waals surface area contributed by atoms with E-state index in [2.05, 4.69) is 0 Å². The van der Waals surface area contributed by atoms with Gasteiger partial charge in [-0.2, -0.15) is 0 Å². The third-order valence-corrected chi connectivity index (χ3v) is 6.84. The van der Waals surface area contributed by atoms with E-state index >= 15 is 0 Å². The number of hydrogen-bond donors (Lipinski definition) is 0. The Morgan fingerprint density at radius 3 is 2.36 bits per heavy atom. The number of aromatic nitrogens is 1. The SMILES string of the molecule is O=C(C1CCCN(C(=O)C2CC2)C1)N1CCC(N2Cc3cccn3C2=O)CC1. The van der Waals surface area contributed by atoms with E-state index in [4.69, 9.17) is 0 Å². The summed E-state index contributed by atoms with van der Waals surface area (Å²) in [4.78, 5) is 43.8. The molecule has 3 amide bonds. The highest BCUT2D eigenvalue weighted by Gasteiger charge is 2.39. The Hall–Kier alpha value is -2.31. The molecule has 2 saturated heterocycles. The first kappa shape index (κ1) is 17.8. The lowest BCUT2D eigenvalue weighted by molar-refractivity contribution is -0.142. The molecule has 1 aromatic heterocycles. The van der Waals surface area contributed by atoms with Crippen LogP contribution in [-0.4, -0.2) is 69.3 Å². The Labute approximate surface area is 165 Å². The van der Waals surface area contributed by atoms with Gasteiger partial charge in [0.05, 0.1) is 12.5 Å². The summed E-state index contributed by atoms with van der Waals surface area (Å²) in [6, 6.07) is 4.17. The molecule has 28 heavy (non-hydrogen) atoms. The fourth-order valence-corrected chi connectivity index (χ4v) is 5.02. The highest BCUT2D eigenvalue weighted by molar-refractivity contribution is 5.84. The minimum Gasteiger partial charge on any atom is -0.342 e. The van der Waals surface area contributed by atoms with E-state index in [9.17, 15) is 14.4 Å². The van der Waals surface area contributed by atoms with Crippen LogP contribution in [0.2, 0.25) is 0 Å². The summed E-state index contributed by atoms with van der Waals surface area (Å²) < 4.78 is 1.73. The normalized spacial score (nSPS) is 25.9. The molecule has 5 rings (SSSR count). The van der Waals surface area contributed by atoms with Gasteiger partial charge in [0, 0.05) is 50.0 Å². The van der Waals surface area contributed by atoms with Gasteiger partial charge in [-0.15, -0.1) is 0 Å². The number of fused-ring (bicyclic) bond motifs is 1. The van der Waals surface area contributed by atoms with E-state index < -0.39 is 0 Å². The predicted molar refractivity (Wildman–Crippen MR) is 102 cm³/mol. The summed E-state index contributed by atoms with van der Waals surface area (Å²) in [7, 11) is 0. The molecule has 7 heteroatoms. The molecule has 3 fully saturated rings. The number of amides is 3. The van der Waals surface area contributed by atoms with Crippen LogP contribution in [0.1, 0.15) is 44.2 Å². The first-order valence-electron chi connectivity index (χ1n) is 10.7. The van der Waals surface area contributed by atoms with Gasteiger partial charge in [0.25, 0.3) is 0 Å². The summed E-state index contributed by atoms with van der Waals surface area (Å²) in [5, 5.41) is 0. The van der Waals surface area contributed by atoms with E-state index in [-0.39, 0.29) is 35.7 Å². The molecule has 0 N–H and O–H groups in total. The van der Waals surface area contributed by atoms with Crippen LogP contribution in [0, 0.1) is 11.8 Å². The highest BCUT2D eigenvalue weighted by atomic mass is 16.2. The van der Waals surface area contributed by atoms with Crippen molar-refractivity contribution in [2.24, 2.45) is 11.8 Å². The number of carbonyl (C=O) groups is 3. The number of carbonyl (C=O) groups excluding carboxylic acids is 3. The Balaban J connectivity index is 1.15. The van der Waals surface area contributed by atoms with Gasteiger partial charge in [-0.3, -0.25) is 14.2 Å². The molecule has 1 atom stereocenters. The number of likely N-dealkylation sites (tertiary alicyclic amines) is 2. The maximum absolute atomic E-state index is 13.0. The second kappa shape index (κ2) is 6.94. The molecule has 4 heterocycles. The number of hydrogen-bond acceptors (Lipinski definition) is 3. The Kier molecular flexibility index (Phi) is 4.40. The number of piperidine rings is 2. The standard InChI is InChI=1S/C21H28N4O3/c26-19(15-5-6-15)23-9-1-3-16(13-23)20(27)22-11-7-17(8-12-22)25-14-18-4-2-10-24(18)21(25)28/h2,4,10,15-17H,1,3,5-9,11-14H2. The van der Waals surface area contributed by atoms with Crippen LogP contribution in [0.5, 0.6) is 0 Å². The third kappa shape index (κ3) is 3.10. The summed E-state index contributed by atoms with van der Waals surface area (Å²) in [5.74, 6) is 0.628. The van der Waals surface area contributed by atoms with Gasteiger partial charge in [0.15, 0.2) is 0 Å². The third-order valence-electron chi connectivity index (χ3n) is 6.84. The van der Waals surface area contributed by atoms with Crippen LogP contribution in [0.25, 0.3) is 0 Å². The Morgan fingerprint density at radius 2 is 1.64 bits per heavy atom. The van der Waals surface area contributed by atoms with Crippen LogP contribution >= 0.6 is 0 Å². The average molecular weight is 384 g/mol. The molecule has 1 unspecified atom stereocenters. The van der Waals surface area contributed by atoms with E-state index in [0.29, 0.717) is 26.2 Å². The second-order valence-electron chi connectivity index (χ2n) is 8.73. The molecule has 3 aliphatic heterocycles. The van der Waals surface area contributed by atoms with Crippen LogP contribution in [-0.2, 0) is 16.1 Å². The molecule has 7 nitrogen and oxygen atoms in total. The Bertz CT molecular complexity index is 791. The van der Waals surface area contributed by atoms with Crippen LogP contribution in [0.4, 0.5) is 4.79 Å². The van der Waals surface area contributed by atoms with Crippen molar-refractivity contribution in [3.8, 4) is 0 Å². The first-order valence-corrected chi connectivity index (χ1v) is 10.7. The van der Waals surface area contributed by atoms with Crippen LogP contribution < -0.4 is 0 Å². The van der Waals surface area contributed by atoms with Gasteiger partial charge in [-0.1, -0.05) is 0 Å². The van der Waals surface area contributed by atoms with Crippen LogP contribution in [0.15, 0.2) is 18.3 Å². The molecular formula is C21H28N4O3. The zero-order chi connectivity index (χ0) is 19.3. The molecule has 0 bridgehead atoms. The minimum absolute atomic E-state index is 0.0535. The van der Waals surface area contributed by atoms with Crippen molar-refractivity contribution < 1.29 is 14.4 Å². The fourth-order valence-electron chi connectivity index (χ4n) is 5.02. The topological polar surface area (TPSA) is 65.9 Å². The second-order valence-corrected chi connectivity index (χ2v) is 8.73. The molecule has 0 aromatic carbocycles. The van der Waals surface area contributed by atoms with Gasteiger partial charge in [0.2, 0.25) is 11.8 Å². The van der Waals surface area contributed by atoms with Crippen molar-refractivity contribution >= 4 is 17.8 Å². The quantitative estimate of drug-likeness (QED) is 0.800. The first-order chi connectivity index (χ1) is 13.6. The molecular weight excluding hydrogens is 356 g/mol. The van der Waals surface area contributed by atoms with Crippen molar-refractivity contribution in [3.63, 3.8) is 0 Å². The van der Waals surface area contributed by atoms with Gasteiger partial charge in [0.1, 0.15) is 0 Å². The Morgan fingerprint density at radius 1 is 0.893 bits per heavy atom. The smallest absolute Gasteiger partial charge is 0.329 e. The van der Waals surface area contributed by atoms with Gasteiger partial charge in [-0.25, -0.2) is 4.79 Å². The predicted octanol–water partition coefficient (Wildman–Crippen LogP) is 1.91. The lowest BCUT2D eigenvalue weighted by Crippen LogP contribution is -2.51. The summed E-state index contributed by atoms with van der Waals surface area (Å²) in [6.45, 7) is 3.48. The van der Waals surface area contributed by atoms with Crippen molar-refractivity contribution in [2.75, 3.05) is 26.2 Å². The van der Waals surface area contributed by atoms with Gasteiger partial charge < -0.3 is 14.7 Å². The highest BCUT2D eigenvalue weighted by Crippen LogP contribution is 2.33. The molecule has 4 aliphatic rings. The monoisotopic (exact) mass is 384 g/mol. The fraction of sp³-hybridized carbons (Fsp3) is 0.667. The lowest BCUT2D eigenvalue weighted by Gasteiger charge is -2.39. The van der Waals surface area contributed by atoms with Crippen molar-refractivity contribution in [2.45, 2.75) is 51.1 Å². The molecule has 150 valence electrons. The average Bonchev–Trinajstić information content (AvgIpc) is 3.40.